The number of nitrogens with zero attached hydrogens (tertiary/aromatic N) is 4. The highest BCUT2D eigenvalue weighted by Gasteiger charge is 2.47. The third kappa shape index (κ3) is 9.53. The van der Waals surface area contributed by atoms with E-state index in [0.717, 1.165) is 17.7 Å². The summed E-state index contributed by atoms with van der Waals surface area (Å²) in [7, 11) is 0. The van der Waals surface area contributed by atoms with Crippen LogP contribution in [0, 0.1) is 24.5 Å². The Morgan fingerprint density at radius 2 is 1.57 bits per heavy atom. The second kappa shape index (κ2) is 17.9. The predicted octanol–water partition coefficient (Wildman–Crippen LogP) is 1.94. The van der Waals surface area contributed by atoms with Gasteiger partial charge < -0.3 is 35.4 Å². The molecule has 0 radical (unpaired) electrons. The van der Waals surface area contributed by atoms with Crippen LogP contribution in [-0.2, 0) is 39.9 Å². The first-order valence-corrected chi connectivity index (χ1v) is 19.8. The van der Waals surface area contributed by atoms with E-state index in [9.17, 15) is 42.3 Å². The molecule has 8 unspecified atom stereocenters. The number of fused-ring (bicyclic) bond motifs is 3. The molecule has 1 aromatic heterocycles. The number of urea groups is 1. The summed E-state index contributed by atoms with van der Waals surface area (Å²) in [5.74, 6) is -5.88. The molecule has 16 nitrogen and oxygen atoms in total. The zero-order chi connectivity index (χ0) is 41.8. The molecule has 4 saturated heterocycles. The lowest BCUT2D eigenvalue weighted by Crippen LogP contribution is -2.63. The van der Waals surface area contributed by atoms with Crippen LogP contribution in [0.1, 0.15) is 70.4 Å². The summed E-state index contributed by atoms with van der Waals surface area (Å²) in [4.78, 5) is 106. The number of pyridine rings is 1. The lowest BCUT2D eigenvalue weighted by Gasteiger charge is -2.39. The van der Waals surface area contributed by atoms with Crippen molar-refractivity contribution in [1.82, 2.24) is 35.6 Å². The number of piperidine rings is 1. The standard InChI is InChI=1S/C40H50F2N8O8/c1-21-10-11-32(43-19-21)46-40(57)45-28(17-25-15-26(41)18-27(42)16-25)34(51)47-33-24(4)58-39(56)31-14-22(2)20-50(31)36(53)23(3)44-35(52)29-8-5-6-12-48(29)37(54)30-9-7-13-49(30)38(33)55/h10-11,15-16,18-19,22-24,28-31,33H,5-9,12-14,17,20H2,1-4H3,(H,44,52)(H,47,51)(H2,43,45,46,57). The normalized spacial score (nSPS) is 27.5. The fraction of sp³-hybridized carbons (Fsp3) is 0.550. The van der Waals surface area contributed by atoms with E-state index >= 15 is 0 Å². The fourth-order valence-corrected chi connectivity index (χ4v) is 8.25. The quantitative estimate of drug-likeness (QED) is 0.315. The van der Waals surface area contributed by atoms with Crippen LogP contribution in [-0.4, -0.2) is 123 Å². The molecule has 5 heterocycles. The number of esters is 1. The number of cyclic esters (lactones) is 1. The van der Waals surface area contributed by atoms with E-state index in [1.165, 1.54) is 40.8 Å². The van der Waals surface area contributed by atoms with Crippen LogP contribution < -0.4 is 21.3 Å². The summed E-state index contributed by atoms with van der Waals surface area (Å²) in [5, 5.41) is 10.4. The smallest absolute Gasteiger partial charge is 0.329 e. The van der Waals surface area contributed by atoms with Crippen LogP contribution in [0.2, 0.25) is 0 Å². The van der Waals surface area contributed by atoms with Crippen molar-refractivity contribution in [2.45, 2.75) is 115 Å². The topological polar surface area (TPSA) is 199 Å². The van der Waals surface area contributed by atoms with E-state index in [-0.39, 0.29) is 49.8 Å². The van der Waals surface area contributed by atoms with Crippen molar-refractivity contribution >= 4 is 47.4 Å². The lowest BCUT2D eigenvalue weighted by atomic mass is 9.99. The number of anilines is 1. The number of aryl methyl sites for hydroxylation is 1. The van der Waals surface area contributed by atoms with Gasteiger partial charge in [-0.25, -0.2) is 23.4 Å². The molecule has 0 aliphatic carbocycles. The number of rotatable bonds is 6. The molecular formula is C40H50F2N8O8. The van der Waals surface area contributed by atoms with Crippen molar-refractivity contribution in [3.63, 3.8) is 0 Å². The number of carbonyl (C=O) groups excluding carboxylic acids is 7. The van der Waals surface area contributed by atoms with Gasteiger partial charge in [0.15, 0.2) is 0 Å². The summed E-state index contributed by atoms with van der Waals surface area (Å²) < 4.78 is 34.5. The SMILES string of the molecule is Cc1ccc(NC(=O)NC(Cc2cc(F)cc(F)c2)C(=O)NC2C(=O)N3CCCC3C(=O)N3CCCCC3C(=O)NC(C)C(=O)N3CC(C)CC3C(=O)OC2C)nc1. The molecule has 4 N–H and O–H groups in total. The fourth-order valence-electron chi connectivity index (χ4n) is 8.25. The Morgan fingerprint density at radius 1 is 0.879 bits per heavy atom. The number of hydrogen-bond donors (Lipinski definition) is 4. The number of nitrogens with one attached hydrogen (secondary N) is 4. The van der Waals surface area contributed by atoms with Gasteiger partial charge >= 0.3 is 12.0 Å². The first-order valence-electron chi connectivity index (χ1n) is 19.8. The van der Waals surface area contributed by atoms with Crippen LogP contribution in [0.15, 0.2) is 36.5 Å². The van der Waals surface area contributed by atoms with Gasteiger partial charge in [-0.2, -0.15) is 0 Å². The highest BCUT2D eigenvalue weighted by Crippen LogP contribution is 2.29. The van der Waals surface area contributed by atoms with Crippen LogP contribution in [0.5, 0.6) is 0 Å². The van der Waals surface area contributed by atoms with Gasteiger partial charge in [0.2, 0.25) is 29.5 Å². The molecular weight excluding hydrogens is 758 g/mol. The Labute approximate surface area is 334 Å². The zero-order valence-corrected chi connectivity index (χ0v) is 33.0. The number of halogens is 2. The van der Waals surface area contributed by atoms with E-state index in [1.807, 2.05) is 6.92 Å². The van der Waals surface area contributed by atoms with Crippen LogP contribution in [0.25, 0.3) is 0 Å². The number of benzene rings is 1. The number of amides is 7. The van der Waals surface area contributed by atoms with E-state index in [1.54, 1.807) is 13.0 Å². The highest BCUT2D eigenvalue weighted by molar-refractivity contribution is 5.98. The molecule has 2 aromatic rings. The largest absolute Gasteiger partial charge is 0.458 e. The Bertz CT molecular complexity index is 1910. The first-order chi connectivity index (χ1) is 27.6. The molecule has 18 heteroatoms. The van der Waals surface area contributed by atoms with Gasteiger partial charge in [-0.15, -0.1) is 0 Å². The molecule has 0 saturated carbocycles. The van der Waals surface area contributed by atoms with Gasteiger partial charge in [0.25, 0.3) is 0 Å². The van der Waals surface area contributed by atoms with Gasteiger partial charge in [0.05, 0.1) is 0 Å². The van der Waals surface area contributed by atoms with Gasteiger partial charge in [-0.1, -0.05) is 13.0 Å². The average Bonchev–Trinajstić information content (AvgIpc) is 3.83. The highest BCUT2D eigenvalue weighted by atomic mass is 19.1. The predicted molar refractivity (Wildman–Crippen MR) is 203 cm³/mol. The van der Waals surface area contributed by atoms with Gasteiger partial charge in [0.1, 0.15) is 59.8 Å². The second-order valence-corrected chi connectivity index (χ2v) is 15.8. The van der Waals surface area contributed by atoms with Gasteiger partial charge in [-0.05, 0) is 94.5 Å². The maximum absolute atomic E-state index is 14.7. The molecule has 1 aromatic carbocycles. The molecule has 7 amide bonds. The van der Waals surface area contributed by atoms with Crippen LogP contribution >= 0.6 is 0 Å². The second-order valence-electron chi connectivity index (χ2n) is 15.8. The monoisotopic (exact) mass is 808 g/mol. The minimum Gasteiger partial charge on any atom is -0.458 e. The summed E-state index contributed by atoms with van der Waals surface area (Å²) in [6.45, 7) is 7.15. The minimum absolute atomic E-state index is 0.00914. The average molecular weight is 809 g/mol. The molecule has 8 atom stereocenters. The Kier molecular flexibility index (Phi) is 12.9. The molecule has 0 spiro atoms. The Balaban J connectivity index is 1.34. The van der Waals surface area contributed by atoms with Crippen molar-refractivity contribution in [1.29, 1.82) is 0 Å². The summed E-state index contributed by atoms with van der Waals surface area (Å²) in [6, 6.07) is -2.18. The number of ether oxygens (including phenoxy) is 1. The van der Waals surface area contributed by atoms with Gasteiger partial charge in [-0.3, -0.25) is 29.3 Å². The van der Waals surface area contributed by atoms with E-state index in [2.05, 4.69) is 26.3 Å². The molecule has 0 bridgehead atoms. The molecule has 6 rings (SSSR count). The van der Waals surface area contributed by atoms with E-state index in [0.29, 0.717) is 31.7 Å². The van der Waals surface area contributed by atoms with Crippen molar-refractivity contribution in [3.8, 4) is 0 Å². The van der Waals surface area contributed by atoms with E-state index < -0.39 is 102 Å². The molecule has 4 aliphatic rings. The zero-order valence-electron chi connectivity index (χ0n) is 33.0. The third-order valence-corrected chi connectivity index (χ3v) is 11.2. The van der Waals surface area contributed by atoms with Gasteiger partial charge in [0, 0.05) is 38.3 Å². The summed E-state index contributed by atoms with van der Waals surface area (Å²) in [6.07, 6.45) is 2.27. The maximum Gasteiger partial charge on any atom is 0.329 e. The lowest BCUT2D eigenvalue weighted by molar-refractivity contribution is -0.163. The minimum atomic E-state index is -1.63. The third-order valence-electron chi connectivity index (χ3n) is 11.2. The van der Waals surface area contributed by atoms with Crippen molar-refractivity contribution < 1.29 is 47.1 Å². The van der Waals surface area contributed by atoms with Crippen molar-refractivity contribution in [3.05, 3.63) is 59.3 Å². The van der Waals surface area contributed by atoms with Crippen molar-refractivity contribution in [2.24, 2.45) is 5.92 Å². The summed E-state index contributed by atoms with van der Waals surface area (Å²) in [5.41, 5.74) is 0.833. The molecule has 312 valence electrons. The number of hydrogen-bond acceptors (Lipinski definition) is 9. The Hall–Kier alpha value is -5.68. The van der Waals surface area contributed by atoms with Crippen LogP contribution in [0.4, 0.5) is 19.4 Å². The molecule has 4 fully saturated rings. The van der Waals surface area contributed by atoms with Crippen LogP contribution in [0.3, 0.4) is 0 Å². The molecule has 4 aliphatic heterocycles. The van der Waals surface area contributed by atoms with Crippen molar-refractivity contribution in [2.75, 3.05) is 25.0 Å². The number of carbonyl (C=O) groups is 7. The first kappa shape index (κ1) is 41.9. The maximum atomic E-state index is 14.7. The molecule has 58 heavy (non-hydrogen) atoms. The van der Waals surface area contributed by atoms with E-state index in [4.69, 9.17) is 4.74 Å². The number of aromatic nitrogens is 1. The Morgan fingerprint density at radius 3 is 2.28 bits per heavy atom. The summed E-state index contributed by atoms with van der Waals surface area (Å²) >= 11 is 0.